The Morgan fingerprint density at radius 1 is 0.818 bits per heavy atom. The van der Waals surface area contributed by atoms with Crippen LogP contribution in [0.5, 0.6) is 0 Å². The molecule has 0 bridgehead atoms. The summed E-state index contributed by atoms with van der Waals surface area (Å²) in [4.78, 5) is 11.4. The minimum absolute atomic E-state index is 0.255. The van der Waals surface area contributed by atoms with Gasteiger partial charge in [-0.15, -0.1) is 0 Å². The van der Waals surface area contributed by atoms with Crippen LogP contribution < -0.4 is 5.32 Å². The van der Waals surface area contributed by atoms with Gasteiger partial charge in [-0.2, -0.15) is 0 Å². The second-order valence-electron chi connectivity index (χ2n) is 7.93. The highest BCUT2D eigenvalue weighted by Crippen LogP contribution is 2.22. The van der Waals surface area contributed by atoms with Gasteiger partial charge in [0.25, 0.3) is 0 Å². The van der Waals surface area contributed by atoms with E-state index in [2.05, 4.69) is 41.7 Å². The molecular formula is C28H33NO4. The number of anilines is 2. The Bertz CT molecular complexity index is 991. The third-order valence-electron chi connectivity index (χ3n) is 5.59. The monoisotopic (exact) mass is 447 g/mol. The van der Waals surface area contributed by atoms with E-state index in [4.69, 9.17) is 9.47 Å². The molecule has 0 aromatic heterocycles. The van der Waals surface area contributed by atoms with Gasteiger partial charge in [-0.05, 0) is 67.6 Å². The Kier molecular flexibility index (Phi) is 9.48. The van der Waals surface area contributed by atoms with Crippen LogP contribution in [0.1, 0.15) is 46.8 Å². The first kappa shape index (κ1) is 24.5. The molecule has 33 heavy (non-hydrogen) atoms. The molecular weight excluding hydrogens is 414 g/mol. The predicted molar refractivity (Wildman–Crippen MR) is 133 cm³/mol. The normalized spacial score (nSPS) is 11.0. The van der Waals surface area contributed by atoms with E-state index >= 15 is 0 Å². The molecule has 0 fully saturated rings. The Morgan fingerprint density at radius 2 is 1.36 bits per heavy atom. The Morgan fingerprint density at radius 3 is 1.91 bits per heavy atom. The first-order valence-electron chi connectivity index (χ1n) is 11.5. The van der Waals surface area contributed by atoms with Gasteiger partial charge >= 0.3 is 5.97 Å². The van der Waals surface area contributed by atoms with Crippen molar-refractivity contribution >= 4 is 17.3 Å². The number of carboxylic acids is 1. The fourth-order valence-electron chi connectivity index (χ4n) is 3.69. The van der Waals surface area contributed by atoms with Gasteiger partial charge in [0.15, 0.2) is 0 Å². The third kappa shape index (κ3) is 7.45. The first-order valence-corrected chi connectivity index (χ1v) is 11.5. The van der Waals surface area contributed by atoms with Crippen LogP contribution in [-0.4, -0.2) is 37.5 Å². The maximum atomic E-state index is 11.4. The highest BCUT2D eigenvalue weighted by molar-refractivity contribution is 5.95. The summed E-state index contributed by atoms with van der Waals surface area (Å²) in [6.45, 7) is 6.79. The maximum absolute atomic E-state index is 11.4. The van der Waals surface area contributed by atoms with Gasteiger partial charge in [-0.1, -0.05) is 48.5 Å². The number of ether oxygens (including phenoxy) is 2. The van der Waals surface area contributed by atoms with E-state index in [0.29, 0.717) is 32.1 Å². The molecule has 3 rings (SSSR count). The fourth-order valence-corrected chi connectivity index (χ4v) is 3.69. The fraction of sp³-hybridized carbons (Fsp3) is 0.321. The molecule has 174 valence electrons. The molecule has 0 atom stereocenters. The minimum Gasteiger partial charge on any atom is -0.478 e. The Labute approximate surface area is 196 Å². The predicted octanol–water partition coefficient (Wildman–Crippen LogP) is 6.07. The van der Waals surface area contributed by atoms with E-state index in [-0.39, 0.29) is 11.5 Å². The second-order valence-corrected chi connectivity index (χ2v) is 7.93. The average molecular weight is 448 g/mol. The molecule has 3 aromatic rings. The number of hydrogen-bond donors (Lipinski definition) is 2. The van der Waals surface area contributed by atoms with Crippen molar-refractivity contribution in [3.63, 3.8) is 0 Å². The van der Waals surface area contributed by atoms with Crippen LogP contribution >= 0.6 is 0 Å². The number of para-hydroxylation sites is 1. The van der Waals surface area contributed by atoms with Crippen LogP contribution in [0.25, 0.3) is 0 Å². The second kappa shape index (κ2) is 12.8. The van der Waals surface area contributed by atoms with Crippen LogP contribution in [0.3, 0.4) is 0 Å². The summed E-state index contributed by atoms with van der Waals surface area (Å²) < 4.78 is 11.3. The summed E-state index contributed by atoms with van der Waals surface area (Å²) in [5.41, 5.74) is 5.49. The Hall–Kier alpha value is -3.15. The zero-order chi connectivity index (χ0) is 23.5. The number of aryl methyl sites for hydroxylation is 2. The molecule has 0 saturated carbocycles. The molecule has 0 aliphatic carbocycles. The molecule has 2 N–H and O–H groups in total. The maximum Gasteiger partial charge on any atom is 0.337 e. The SMILES string of the molecule is CCOCC(COCC)c1ccc(CCc2ccc(Nc3ccccc3C(=O)O)cc2)cc1. The minimum atomic E-state index is -0.942. The van der Waals surface area contributed by atoms with Gasteiger partial charge in [0, 0.05) is 24.8 Å². The van der Waals surface area contributed by atoms with Crippen molar-refractivity contribution in [3.05, 3.63) is 95.1 Å². The van der Waals surface area contributed by atoms with Crippen molar-refractivity contribution in [1.82, 2.24) is 0 Å². The smallest absolute Gasteiger partial charge is 0.337 e. The number of carbonyl (C=O) groups is 1. The molecule has 0 radical (unpaired) electrons. The van der Waals surface area contributed by atoms with E-state index in [1.807, 2.05) is 32.0 Å². The molecule has 0 aliphatic heterocycles. The standard InChI is InChI=1S/C28H33NO4/c1-3-32-19-24(20-33-4-2)23-15-11-21(12-16-23)9-10-22-13-17-25(18-14-22)29-27-8-6-5-7-26(27)28(30)31/h5-8,11-18,24,29H,3-4,9-10,19-20H2,1-2H3,(H,30,31). The number of rotatable bonds is 13. The van der Waals surface area contributed by atoms with Crippen LogP contribution in [0.4, 0.5) is 11.4 Å². The molecule has 0 aliphatic rings. The summed E-state index contributed by atoms with van der Waals surface area (Å²) in [7, 11) is 0. The Balaban J connectivity index is 1.56. The summed E-state index contributed by atoms with van der Waals surface area (Å²) in [5.74, 6) is -0.687. The molecule has 3 aromatic carbocycles. The van der Waals surface area contributed by atoms with E-state index in [1.54, 1.807) is 18.2 Å². The number of benzene rings is 3. The number of hydrogen-bond acceptors (Lipinski definition) is 4. The topological polar surface area (TPSA) is 67.8 Å². The van der Waals surface area contributed by atoms with Crippen molar-refractivity contribution in [2.75, 3.05) is 31.7 Å². The van der Waals surface area contributed by atoms with Crippen molar-refractivity contribution in [2.45, 2.75) is 32.6 Å². The summed E-state index contributed by atoms with van der Waals surface area (Å²) in [6, 6.07) is 23.8. The lowest BCUT2D eigenvalue weighted by atomic mass is 9.97. The summed E-state index contributed by atoms with van der Waals surface area (Å²) in [6.07, 6.45) is 1.89. The molecule has 0 unspecified atom stereocenters. The lowest BCUT2D eigenvalue weighted by Gasteiger charge is -2.17. The zero-order valence-corrected chi connectivity index (χ0v) is 19.4. The van der Waals surface area contributed by atoms with Crippen molar-refractivity contribution in [3.8, 4) is 0 Å². The molecule has 0 spiro atoms. The summed E-state index contributed by atoms with van der Waals surface area (Å²) in [5, 5.41) is 12.5. The van der Waals surface area contributed by atoms with E-state index < -0.39 is 5.97 Å². The van der Waals surface area contributed by atoms with Crippen LogP contribution in [-0.2, 0) is 22.3 Å². The van der Waals surface area contributed by atoms with Crippen LogP contribution in [0, 0.1) is 0 Å². The quantitative estimate of drug-likeness (QED) is 0.333. The molecule has 5 nitrogen and oxygen atoms in total. The first-order chi connectivity index (χ1) is 16.1. The average Bonchev–Trinajstić information content (AvgIpc) is 2.84. The zero-order valence-electron chi connectivity index (χ0n) is 19.4. The lowest BCUT2D eigenvalue weighted by molar-refractivity contribution is 0.0697. The lowest BCUT2D eigenvalue weighted by Crippen LogP contribution is -2.14. The van der Waals surface area contributed by atoms with Crippen molar-refractivity contribution in [2.24, 2.45) is 0 Å². The van der Waals surface area contributed by atoms with Crippen molar-refractivity contribution < 1.29 is 19.4 Å². The molecule has 0 amide bonds. The van der Waals surface area contributed by atoms with Gasteiger partial charge < -0.3 is 19.9 Å². The van der Waals surface area contributed by atoms with Crippen LogP contribution in [0.2, 0.25) is 0 Å². The van der Waals surface area contributed by atoms with E-state index in [9.17, 15) is 9.90 Å². The number of carboxylic acid groups (broad SMARTS) is 1. The van der Waals surface area contributed by atoms with E-state index in [0.717, 1.165) is 18.5 Å². The summed E-state index contributed by atoms with van der Waals surface area (Å²) >= 11 is 0. The molecule has 0 heterocycles. The third-order valence-corrected chi connectivity index (χ3v) is 5.59. The van der Waals surface area contributed by atoms with Gasteiger partial charge in [0.2, 0.25) is 0 Å². The van der Waals surface area contributed by atoms with E-state index in [1.165, 1.54) is 16.7 Å². The number of nitrogens with one attached hydrogen (secondary N) is 1. The number of aromatic carboxylic acids is 1. The largest absolute Gasteiger partial charge is 0.478 e. The molecule has 0 saturated heterocycles. The highest BCUT2D eigenvalue weighted by Gasteiger charge is 2.12. The van der Waals surface area contributed by atoms with Crippen LogP contribution in [0.15, 0.2) is 72.8 Å². The van der Waals surface area contributed by atoms with Gasteiger partial charge in [0.05, 0.1) is 24.5 Å². The highest BCUT2D eigenvalue weighted by atomic mass is 16.5. The van der Waals surface area contributed by atoms with Gasteiger partial charge in [0.1, 0.15) is 0 Å². The van der Waals surface area contributed by atoms with Crippen molar-refractivity contribution in [1.29, 1.82) is 0 Å². The molecule has 5 heteroatoms. The van der Waals surface area contributed by atoms with Gasteiger partial charge in [-0.25, -0.2) is 4.79 Å². The van der Waals surface area contributed by atoms with Gasteiger partial charge in [-0.3, -0.25) is 0 Å².